The fourth-order valence-corrected chi connectivity index (χ4v) is 2.38. The molecule has 0 saturated heterocycles. The summed E-state index contributed by atoms with van der Waals surface area (Å²) < 4.78 is 0. The molecular formula is C19H17N3O. The first-order valence-corrected chi connectivity index (χ1v) is 7.46. The highest BCUT2D eigenvalue weighted by Crippen LogP contribution is 2.13. The van der Waals surface area contributed by atoms with Gasteiger partial charge in [-0.05, 0) is 11.1 Å². The first-order chi connectivity index (χ1) is 11.3. The van der Waals surface area contributed by atoms with Crippen LogP contribution in [-0.2, 0) is 13.1 Å². The second-order valence-corrected chi connectivity index (χ2v) is 5.22. The topological polar surface area (TPSA) is 46.1 Å². The molecule has 2 aromatic carbocycles. The first kappa shape index (κ1) is 14.9. The molecule has 0 aliphatic heterocycles. The Morgan fingerprint density at radius 3 is 1.87 bits per heavy atom. The van der Waals surface area contributed by atoms with E-state index in [0.29, 0.717) is 18.8 Å². The molecule has 3 aromatic rings. The Labute approximate surface area is 135 Å². The van der Waals surface area contributed by atoms with Gasteiger partial charge in [0.2, 0.25) is 0 Å². The molecule has 23 heavy (non-hydrogen) atoms. The van der Waals surface area contributed by atoms with Crippen molar-refractivity contribution in [2.75, 3.05) is 0 Å². The van der Waals surface area contributed by atoms with Crippen molar-refractivity contribution in [3.05, 3.63) is 96.1 Å². The van der Waals surface area contributed by atoms with Crippen LogP contribution in [0.2, 0.25) is 0 Å². The molecule has 4 heteroatoms. The molecule has 0 spiro atoms. The molecule has 3 rings (SSSR count). The van der Waals surface area contributed by atoms with Crippen molar-refractivity contribution < 1.29 is 4.79 Å². The van der Waals surface area contributed by atoms with E-state index >= 15 is 0 Å². The van der Waals surface area contributed by atoms with Crippen molar-refractivity contribution in [1.29, 1.82) is 0 Å². The van der Waals surface area contributed by atoms with Crippen LogP contribution in [0.15, 0.2) is 79.3 Å². The van der Waals surface area contributed by atoms with Crippen LogP contribution in [-0.4, -0.2) is 20.8 Å². The minimum absolute atomic E-state index is 0.120. The molecule has 0 saturated carbocycles. The van der Waals surface area contributed by atoms with E-state index in [0.717, 1.165) is 11.1 Å². The van der Waals surface area contributed by atoms with Crippen LogP contribution in [0.3, 0.4) is 0 Å². The predicted octanol–water partition coefficient (Wildman–Crippen LogP) is 3.32. The van der Waals surface area contributed by atoms with Gasteiger partial charge < -0.3 is 4.90 Å². The number of nitrogens with zero attached hydrogens (tertiary/aromatic N) is 3. The molecule has 1 aromatic heterocycles. The van der Waals surface area contributed by atoms with Crippen LogP contribution in [0, 0.1) is 0 Å². The van der Waals surface area contributed by atoms with Gasteiger partial charge in [0.15, 0.2) is 0 Å². The summed E-state index contributed by atoms with van der Waals surface area (Å²) in [5, 5.41) is 0. The maximum Gasteiger partial charge on any atom is 0.274 e. The van der Waals surface area contributed by atoms with E-state index in [-0.39, 0.29) is 5.91 Å². The van der Waals surface area contributed by atoms with Crippen molar-refractivity contribution >= 4 is 5.91 Å². The van der Waals surface area contributed by atoms with Crippen LogP contribution in [0.1, 0.15) is 21.6 Å². The van der Waals surface area contributed by atoms with Gasteiger partial charge in [0.05, 0.1) is 6.20 Å². The first-order valence-electron chi connectivity index (χ1n) is 7.46. The van der Waals surface area contributed by atoms with Gasteiger partial charge in [0, 0.05) is 25.5 Å². The molecule has 0 atom stereocenters. The molecule has 114 valence electrons. The second kappa shape index (κ2) is 7.31. The molecule has 1 heterocycles. The van der Waals surface area contributed by atoms with Gasteiger partial charge in [-0.1, -0.05) is 60.7 Å². The normalized spacial score (nSPS) is 10.3. The van der Waals surface area contributed by atoms with Crippen molar-refractivity contribution in [3.8, 4) is 0 Å². The Balaban J connectivity index is 1.85. The largest absolute Gasteiger partial charge is 0.329 e. The van der Waals surface area contributed by atoms with E-state index in [9.17, 15) is 4.79 Å². The van der Waals surface area contributed by atoms with Crippen molar-refractivity contribution in [1.82, 2.24) is 14.9 Å². The fraction of sp³-hybridized carbons (Fsp3) is 0.105. The number of aromatic nitrogens is 2. The monoisotopic (exact) mass is 303 g/mol. The highest BCUT2D eigenvalue weighted by molar-refractivity contribution is 5.91. The highest BCUT2D eigenvalue weighted by Gasteiger charge is 2.18. The molecule has 0 aliphatic rings. The molecule has 0 N–H and O–H groups in total. The number of rotatable bonds is 5. The summed E-state index contributed by atoms with van der Waals surface area (Å²) in [4.78, 5) is 22.7. The standard InChI is InChI=1S/C19H17N3O/c23-19(18-13-20-11-12-21-18)22(14-16-7-3-1-4-8-16)15-17-9-5-2-6-10-17/h1-13H,14-15H2. The molecule has 4 nitrogen and oxygen atoms in total. The quantitative estimate of drug-likeness (QED) is 0.726. The summed E-state index contributed by atoms with van der Waals surface area (Å²) in [7, 11) is 0. The molecule has 0 aliphatic carbocycles. The lowest BCUT2D eigenvalue weighted by Gasteiger charge is -2.22. The van der Waals surface area contributed by atoms with E-state index < -0.39 is 0 Å². The number of carbonyl (C=O) groups excluding carboxylic acids is 1. The Morgan fingerprint density at radius 1 is 0.826 bits per heavy atom. The number of amides is 1. The lowest BCUT2D eigenvalue weighted by atomic mass is 10.1. The van der Waals surface area contributed by atoms with Crippen LogP contribution < -0.4 is 0 Å². The highest BCUT2D eigenvalue weighted by atomic mass is 16.2. The SMILES string of the molecule is O=C(c1cnccn1)N(Cc1ccccc1)Cc1ccccc1. The zero-order chi connectivity index (χ0) is 15.9. The maximum atomic E-state index is 12.8. The summed E-state index contributed by atoms with van der Waals surface area (Å²) in [6.07, 6.45) is 4.61. The van der Waals surface area contributed by atoms with Gasteiger partial charge in [0.1, 0.15) is 5.69 Å². The van der Waals surface area contributed by atoms with E-state index in [2.05, 4.69) is 9.97 Å². The van der Waals surface area contributed by atoms with Crippen LogP contribution in [0.5, 0.6) is 0 Å². The smallest absolute Gasteiger partial charge is 0.274 e. The number of carbonyl (C=O) groups is 1. The summed E-state index contributed by atoms with van der Waals surface area (Å²) in [5.74, 6) is -0.120. The van der Waals surface area contributed by atoms with Gasteiger partial charge in [-0.25, -0.2) is 4.98 Å². The molecule has 0 unspecified atom stereocenters. The third kappa shape index (κ3) is 4.01. The summed E-state index contributed by atoms with van der Waals surface area (Å²) >= 11 is 0. The average molecular weight is 303 g/mol. The van der Waals surface area contributed by atoms with E-state index in [4.69, 9.17) is 0 Å². The minimum atomic E-state index is -0.120. The van der Waals surface area contributed by atoms with Crippen molar-refractivity contribution in [3.63, 3.8) is 0 Å². The molecule has 0 fully saturated rings. The van der Waals surface area contributed by atoms with E-state index in [1.54, 1.807) is 11.1 Å². The van der Waals surface area contributed by atoms with Gasteiger partial charge in [-0.15, -0.1) is 0 Å². The molecule has 0 bridgehead atoms. The summed E-state index contributed by atoms with van der Waals surface area (Å²) in [6, 6.07) is 19.9. The summed E-state index contributed by atoms with van der Waals surface area (Å²) in [5.41, 5.74) is 2.53. The van der Waals surface area contributed by atoms with E-state index in [1.807, 2.05) is 60.7 Å². The zero-order valence-electron chi connectivity index (χ0n) is 12.7. The molecule has 0 radical (unpaired) electrons. The Kier molecular flexibility index (Phi) is 4.74. The third-order valence-corrected chi connectivity index (χ3v) is 3.50. The van der Waals surface area contributed by atoms with Gasteiger partial charge in [0.25, 0.3) is 5.91 Å². The number of hydrogen-bond donors (Lipinski definition) is 0. The number of hydrogen-bond acceptors (Lipinski definition) is 3. The van der Waals surface area contributed by atoms with Crippen LogP contribution >= 0.6 is 0 Å². The Morgan fingerprint density at radius 2 is 1.39 bits per heavy atom. The third-order valence-electron chi connectivity index (χ3n) is 3.50. The lowest BCUT2D eigenvalue weighted by Crippen LogP contribution is -2.30. The number of benzene rings is 2. The molecular weight excluding hydrogens is 286 g/mol. The van der Waals surface area contributed by atoms with Gasteiger partial charge in [-0.2, -0.15) is 0 Å². The lowest BCUT2D eigenvalue weighted by molar-refractivity contribution is 0.0723. The molecule has 1 amide bonds. The fourth-order valence-electron chi connectivity index (χ4n) is 2.38. The van der Waals surface area contributed by atoms with Gasteiger partial charge >= 0.3 is 0 Å². The predicted molar refractivity (Wildman–Crippen MR) is 88.5 cm³/mol. The van der Waals surface area contributed by atoms with E-state index in [1.165, 1.54) is 12.4 Å². The summed E-state index contributed by atoms with van der Waals surface area (Å²) in [6.45, 7) is 1.07. The zero-order valence-corrected chi connectivity index (χ0v) is 12.7. The van der Waals surface area contributed by atoms with Crippen LogP contribution in [0.25, 0.3) is 0 Å². The second-order valence-electron chi connectivity index (χ2n) is 5.22. The van der Waals surface area contributed by atoms with Crippen molar-refractivity contribution in [2.45, 2.75) is 13.1 Å². The maximum absolute atomic E-state index is 12.8. The van der Waals surface area contributed by atoms with Crippen molar-refractivity contribution in [2.24, 2.45) is 0 Å². The van der Waals surface area contributed by atoms with Gasteiger partial charge in [-0.3, -0.25) is 9.78 Å². The minimum Gasteiger partial charge on any atom is -0.329 e. The Hall–Kier alpha value is -3.01. The van der Waals surface area contributed by atoms with Crippen LogP contribution in [0.4, 0.5) is 0 Å². The average Bonchev–Trinajstić information content (AvgIpc) is 2.63. The Bertz CT molecular complexity index is 704.